The van der Waals surface area contributed by atoms with Gasteiger partial charge < -0.3 is 15.2 Å². The third kappa shape index (κ3) is 3.67. The highest BCUT2D eigenvalue weighted by Crippen LogP contribution is 2.23. The molecule has 7 heteroatoms. The van der Waals surface area contributed by atoms with Gasteiger partial charge >= 0.3 is 0 Å². The number of aromatic amines is 1. The minimum Gasteiger partial charge on any atom is -0.342 e. The van der Waals surface area contributed by atoms with Gasteiger partial charge in [-0.15, -0.1) is 0 Å². The number of hydrogen-bond donors (Lipinski definition) is 2. The maximum Gasteiger partial charge on any atom is 0.229 e. The van der Waals surface area contributed by atoms with Gasteiger partial charge in [-0.05, 0) is 43.2 Å². The van der Waals surface area contributed by atoms with Crippen molar-refractivity contribution in [2.75, 3.05) is 18.4 Å². The molecule has 1 atom stereocenters. The number of nitrogens with zero attached hydrogens (tertiary/aromatic N) is 3. The topological polar surface area (TPSA) is 91.0 Å². The van der Waals surface area contributed by atoms with Crippen LogP contribution >= 0.6 is 0 Å². The van der Waals surface area contributed by atoms with Crippen LogP contribution in [0.15, 0.2) is 42.6 Å². The third-order valence-electron chi connectivity index (χ3n) is 4.89. The predicted molar refractivity (Wildman–Crippen MR) is 103 cm³/mol. The first-order valence-corrected chi connectivity index (χ1v) is 9.08. The van der Waals surface area contributed by atoms with Crippen LogP contribution in [0, 0.1) is 5.92 Å². The number of H-pyrrole nitrogens is 1. The first-order valence-electron chi connectivity index (χ1n) is 9.08. The van der Waals surface area contributed by atoms with Gasteiger partial charge in [-0.3, -0.25) is 14.6 Å². The number of imidazole rings is 1. The highest BCUT2D eigenvalue weighted by molar-refractivity contribution is 5.95. The number of benzene rings is 1. The molecular formula is C20H21N5O2. The number of amides is 2. The van der Waals surface area contributed by atoms with Gasteiger partial charge in [-0.25, -0.2) is 4.98 Å². The molecule has 1 fully saturated rings. The molecule has 3 heterocycles. The zero-order valence-corrected chi connectivity index (χ0v) is 15.1. The highest BCUT2D eigenvalue weighted by Gasteiger charge is 2.27. The fourth-order valence-corrected chi connectivity index (χ4v) is 3.43. The molecule has 3 aromatic rings. The van der Waals surface area contributed by atoms with Crippen molar-refractivity contribution in [2.24, 2.45) is 5.92 Å². The summed E-state index contributed by atoms with van der Waals surface area (Å²) in [7, 11) is 0. The van der Waals surface area contributed by atoms with Crippen molar-refractivity contribution >= 4 is 28.5 Å². The molecule has 7 nitrogen and oxygen atoms in total. The number of carbonyl (C=O) groups excluding carboxylic acids is 2. The second-order valence-electron chi connectivity index (χ2n) is 6.83. The Hall–Kier alpha value is -3.22. The van der Waals surface area contributed by atoms with Crippen molar-refractivity contribution in [1.82, 2.24) is 19.9 Å². The number of pyridine rings is 1. The monoisotopic (exact) mass is 363 g/mol. The SMILES string of the molecule is CC(=O)N1CCCC(C(=O)Nc2ccc3nc(-c4ccccn4)[nH]c3c2)C1. The molecule has 0 saturated carbocycles. The fourth-order valence-electron chi connectivity index (χ4n) is 3.43. The molecule has 1 aliphatic rings. The first kappa shape index (κ1) is 17.2. The van der Waals surface area contributed by atoms with Gasteiger partial charge in [0.15, 0.2) is 5.82 Å². The Labute approximate surface area is 156 Å². The normalized spacial score (nSPS) is 17.1. The lowest BCUT2D eigenvalue weighted by Crippen LogP contribution is -2.42. The van der Waals surface area contributed by atoms with E-state index in [0.717, 1.165) is 36.1 Å². The van der Waals surface area contributed by atoms with Crippen molar-refractivity contribution in [3.8, 4) is 11.5 Å². The summed E-state index contributed by atoms with van der Waals surface area (Å²) in [4.78, 5) is 38.0. The lowest BCUT2D eigenvalue weighted by Gasteiger charge is -2.31. The van der Waals surface area contributed by atoms with Crippen LogP contribution in [0.2, 0.25) is 0 Å². The van der Waals surface area contributed by atoms with Crippen LogP contribution in [0.5, 0.6) is 0 Å². The lowest BCUT2D eigenvalue weighted by molar-refractivity contribution is -0.132. The summed E-state index contributed by atoms with van der Waals surface area (Å²) in [5.41, 5.74) is 3.13. The summed E-state index contributed by atoms with van der Waals surface area (Å²) < 4.78 is 0. The summed E-state index contributed by atoms with van der Waals surface area (Å²) in [5, 5.41) is 2.97. The summed E-state index contributed by atoms with van der Waals surface area (Å²) >= 11 is 0. The molecule has 27 heavy (non-hydrogen) atoms. The molecule has 0 bridgehead atoms. The Morgan fingerprint density at radius 1 is 1.26 bits per heavy atom. The lowest BCUT2D eigenvalue weighted by atomic mass is 9.97. The second-order valence-corrected chi connectivity index (χ2v) is 6.83. The molecule has 2 N–H and O–H groups in total. The molecule has 1 saturated heterocycles. The minimum absolute atomic E-state index is 0.0217. The number of rotatable bonds is 3. The summed E-state index contributed by atoms with van der Waals surface area (Å²) in [6.45, 7) is 2.76. The van der Waals surface area contributed by atoms with Crippen LogP contribution in [0.1, 0.15) is 19.8 Å². The number of hydrogen-bond acceptors (Lipinski definition) is 4. The van der Waals surface area contributed by atoms with E-state index in [1.54, 1.807) is 18.0 Å². The van der Waals surface area contributed by atoms with E-state index in [1.807, 2.05) is 36.4 Å². The van der Waals surface area contributed by atoms with Gasteiger partial charge in [0.05, 0.1) is 17.0 Å². The van der Waals surface area contributed by atoms with E-state index in [-0.39, 0.29) is 17.7 Å². The van der Waals surface area contributed by atoms with E-state index in [4.69, 9.17) is 0 Å². The highest BCUT2D eigenvalue weighted by atomic mass is 16.2. The Morgan fingerprint density at radius 2 is 2.15 bits per heavy atom. The Bertz CT molecular complexity index is 982. The van der Waals surface area contributed by atoms with E-state index in [9.17, 15) is 9.59 Å². The summed E-state index contributed by atoms with van der Waals surface area (Å²) in [6, 6.07) is 11.3. The van der Waals surface area contributed by atoms with Gasteiger partial charge in [-0.2, -0.15) is 0 Å². The van der Waals surface area contributed by atoms with E-state index < -0.39 is 0 Å². The number of piperidine rings is 1. The van der Waals surface area contributed by atoms with Crippen LogP contribution < -0.4 is 5.32 Å². The summed E-state index contributed by atoms with van der Waals surface area (Å²) in [5.74, 6) is 0.487. The Balaban J connectivity index is 1.50. The van der Waals surface area contributed by atoms with Crippen molar-refractivity contribution < 1.29 is 9.59 Å². The molecule has 4 rings (SSSR count). The number of carbonyl (C=O) groups is 2. The van der Waals surface area contributed by atoms with E-state index in [2.05, 4.69) is 20.3 Å². The predicted octanol–water partition coefficient (Wildman–Crippen LogP) is 2.82. The molecule has 0 aliphatic carbocycles. The zero-order chi connectivity index (χ0) is 18.8. The maximum absolute atomic E-state index is 12.6. The largest absolute Gasteiger partial charge is 0.342 e. The average Bonchev–Trinajstić information content (AvgIpc) is 3.12. The molecule has 2 amide bonds. The average molecular weight is 363 g/mol. The van der Waals surface area contributed by atoms with Gasteiger partial charge in [0.2, 0.25) is 11.8 Å². The van der Waals surface area contributed by atoms with Crippen molar-refractivity contribution in [1.29, 1.82) is 0 Å². The number of fused-ring (bicyclic) bond motifs is 1. The van der Waals surface area contributed by atoms with Crippen molar-refractivity contribution in [3.63, 3.8) is 0 Å². The van der Waals surface area contributed by atoms with Crippen molar-refractivity contribution in [2.45, 2.75) is 19.8 Å². The van der Waals surface area contributed by atoms with Gasteiger partial charge in [0, 0.05) is 31.9 Å². The molecule has 0 spiro atoms. The number of nitrogens with one attached hydrogen (secondary N) is 2. The standard InChI is InChI=1S/C20H21N5O2/c1-13(26)25-10-4-5-14(12-25)20(27)22-15-7-8-16-18(11-15)24-19(23-16)17-6-2-3-9-21-17/h2-3,6-9,11,14H,4-5,10,12H2,1H3,(H,22,27)(H,23,24). The quantitative estimate of drug-likeness (QED) is 0.749. The molecule has 1 aliphatic heterocycles. The van der Waals surface area contributed by atoms with Crippen LogP contribution in [0.4, 0.5) is 5.69 Å². The van der Waals surface area contributed by atoms with Crippen LogP contribution in [0.3, 0.4) is 0 Å². The number of likely N-dealkylation sites (tertiary alicyclic amines) is 1. The molecule has 1 unspecified atom stereocenters. The molecule has 138 valence electrons. The third-order valence-corrected chi connectivity index (χ3v) is 4.89. The number of anilines is 1. The zero-order valence-electron chi connectivity index (χ0n) is 15.1. The van der Waals surface area contributed by atoms with Crippen LogP contribution in [-0.4, -0.2) is 44.8 Å². The van der Waals surface area contributed by atoms with Crippen LogP contribution in [-0.2, 0) is 9.59 Å². The first-order chi connectivity index (χ1) is 13.1. The minimum atomic E-state index is -0.177. The number of aromatic nitrogens is 3. The molecule has 1 aromatic carbocycles. The van der Waals surface area contributed by atoms with Crippen molar-refractivity contribution in [3.05, 3.63) is 42.6 Å². The smallest absolute Gasteiger partial charge is 0.229 e. The van der Waals surface area contributed by atoms with Gasteiger partial charge in [0.1, 0.15) is 5.69 Å². The van der Waals surface area contributed by atoms with E-state index >= 15 is 0 Å². The Morgan fingerprint density at radius 3 is 2.93 bits per heavy atom. The Kier molecular flexibility index (Phi) is 4.58. The molecule has 2 aromatic heterocycles. The van der Waals surface area contributed by atoms with E-state index in [1.165, 1.54) is 0 Å². The van der Waals surface area contributed by atoms with Gasteiger partial charge in [-0.1, -0.05) is 6.07 Å². The second kappa shape index (κ2) is 7.19. The fraction of sp³-hybridized carbons (Fsp3) is 0.300. The van der Waals surface area contributed by atoms with Crippen LogP contribution in [0.25, 0.3) is 22.6 Å². The molecular weight excluding hydrogens is 342 g/mol. The van der Waals surface area contributed by atoms with E-state index in [0.29, 0.717) is 18.1 Å². The van der Waals surface area contributed by atoms with Gasteiger partial charge in [0.25, 0.3) is 0 Å². The maximum atomic E-state index is 12.6. The summed E-state index contributed by atoms with van der Waals surface area (Å²) in [6.07, 6.45) is 3.37. The molecule has 0 radical (unpaired) electrons.